The van der Waals surface area contributed by atoms with Gasteiger partial charge in [-0.3, -0.25) is 4.72 Å². The van der Waals surface area contributed by atoms with Gasteiger partial charge in [0.25, 0.3) is 10.0 Å². The lowest BCUT2D eigenvalue weighted by Gasteiger charge is -2.13. The third kappa shape index (κ3) is 3.62. The maximum Gasteiger partial charge on any atom is 0.261 e. The lowest BCUT2D eigenvalue weighted by atomic mass is 10.1. The molecule has 0 spiro atoms. The summed E-state index contributed by atoms with van der Waals surface area (Å²) in [5.41, 5.74) is 0.725. The number of aromatic carboxylic acids is 1. The van der Waals surface area contributed by atoms with E-state index in [1.54, 1.807) is 19.1 Å². The molecule has 0 amide bonds. The standard InChI is InChI=1S/C14H12BrNO4S/c1-9-5-6-10(14(17)18)7-13(9)16-21(19,20)12-4-2-3-11(15)8-12/h2-8,16H,1H3,(H,17,18)/p-1. The Labute approximate surface area is 130 Å². The van der Waals surface area contributed by atoms with E-state index in [4.69, 9.17) is 0 Å². The molecule has 5 nitrogen and oxygen atoms in total. The zero-order valence-electron chi connectivity index (χ0n) is 11.0. The van der Waals surface area contributed by atoms with Crippen LogP contribution in [0.5, 0.6) is 0 Å². The van der Waals surface area contributed by atoms with E-state index in [2.05, 4.69) is 20.7 Å². The normalized spacial score (nSPS) is 11.1. The molecule has 0 aliphatic carbocycles. The van der Waals surface area contributed by atoms with Crippen LogP contribution in [0.1, 0.15) is 15.9 Å². The fraction of sp³-hybridized carbons (Fsp3) is 0.0714. The molecule has 2 aromatic carbocycles. The van der Waals surface area contributed by atoms with Crippen molar-refractivity contribution < 1.29 is 18.3 Å². The molecule has 0 bridgehead atoms. The number of halogens is 1. The van der Waals surface area contributed by atoms with Gasteiger partial charge in [0, 0.05) is 4.47 Å². The minimum absolute atomic E-state index is 0.0788. The average molecular weight is 369 g/mol. The zero-order chi connectivity index (χ0) is 15.6. The Morgan fingerprint density at radius 1 is 1.19 bits per heavy atom. The van der Waals surface area contributed by atoms with Crippen molar-refractivity contribution in [3.05, 3.63) is 58.1 Å². The molecule has 0 atom stereocenters. The molecule has 0 saturated heterocycles. The molecule has 21 heavy (non-hydrogen) atoms. The van der Waals surface area contributed by atoms with Crippen molar-refractivity contribution in [3.8, 4) is 0 Å². The molecule has 0 radical (unpaired) electrons. The maximum absolute atomic E-state index is 12.3. The molecule has 110 valence electrons. The summed E-state index contributed by atoms with van der Waals surface area (Å²) in [7, 11) is -3.79. The lowest BCUT2D eigenvalue weighted by molar-refractivity contribution is -0.255. The zero-order valence-corrected chi connectivity index (χ0v) is 13.4. The summed E-state index contributed by atoms with van der Waals surface area (Å²) in [5.74, 6) is -1.36. The quantitative estimate of drug-likeness (QED) is 0.892. The first-order valence-corrected chi connectivity index (χ1v) is 8.17. The predicted molar refractivity (Wildman–Crippen MR) is 80.5 cm³/mol. The van der Waals surface area contributed by atoms with Crippen molar-refractivity contribution >= 4 is 37.6 Å². The number of nitrogens with one attached hydrogen (secondary N) is 1. The molecule has 0 aliphatic heterocycles. The highest BCUT2D eigenvalue weighted by atomic mass is 79.9. The Hall–Kier alpha value is -1.86. The minimum Gasteiger partial charge on any atom is -0.545 e. The van der Waals surface area contributed by atoms with Crippen molar-refractivity contribution in [2.24, 2.45) is 0 Å². The van der Waals surface area contributed by atoms with Crippen molar-refractivity contribution in [1.29, 1.82) is 0 Å². The highest BCUT2D eigenvalue weighted by Gasteiger charge is 2.15. The van der Waals surface area contributed by atoms with Gasteiger partial charge in [0.1, 0.15) is 0 Å². The van der Waals surface area contributed by atoms with Gasteiger partial charge in [0.05, 0.1) is 16.6 Å². The summed E-state index contributed by atoms with van der Waals surface area (Å²) in [4.78, 5) is 10.9. The van der Waals surface area contributed by atoms with Crippen LogP contribution in [0.25, 0.3) is 0 Å². The Bertz CT molecular complexity index is 802. The number of aryl methyl sites for hydroxylation is 1. The van der Waals surface area contributed by atoms with Gasteiger partial charge in [-0.1, -0.05) is 34.1 Å². The number of carbonyl (C=O) groups is 1. The van der Waals surface area contributed by atoms with E-state index in [1.807, 2.05) is 0 Å². The fourth-order valence-electron chi connectivity index (χ4n) is 1.70. The molecule has 0 fully saturated rings. The number of sulfonamides is 1. The molecule has 0 aromatic heterocycles. The lowest BCUT2D eigenvalue weighted by Crippen LogP contribution is -2.22. The Kier molecular flexibility index (Phi) is 4.34. The number of anilines is 1. The Morgan fingerprint density at radius 2 is 1.90 bits per heavy atom. The van der Waals surface area contributed by atoms with Crippen LogP contribution in [-0.2, 0) is 10.0 Å². The monoisotopic (exact) mass is 368 g/mol. The van der Waals surface area contributed by atoms with Gasteiger partial charge in [-0.2, -0.15) is 0 Å². The van der Waals surface area contributed by atoms with Gasteiger partial charge in [0.2, 0.25) is 0 Å². The van der Waals surface area contributed by atoms with Gasteiger partial charge in [-0.05, 0) is 42.3 Å². The molecule has 1 N–H and O–H groups in total. The van der Waals surface area contributed by atoms with E-state index in [9.17, 15) is 18.3 Å². The smallest absolute Gasteiger partial charge is 0.261 e. The SMILES string of the molecule is Cc1ccc(C(=O)[O-])cc1NS(=O)(=O)c1cccc(Br)c1. The molecular weight excluding hydrogens is 358 g/mol. The Morgan fingerprint density at radius 3 is 2.52 bits per heavy atom. The fourth-order valence-corrected chi connectivity index (χ4v) is 3.41. The molecule has 0 saturated carbocycles. The van der Waals surface area contributed by atoms with Crippen LogP contribution < -0.4 is 9.83 Å². The molecule has 2 rings (SSSR count). The first kappa shape index (κ1) is 15.5. The maximum atomic E-state index is 12.3. The first-order valence-electron chi connectivity index (χ1n) is 5.90. The number of benzene rings is 2. The summed E-state index contributed by atoms with van der Waals surface area (Å²) in [5, 5.41) is 10.9. The van der Waals surface area contributed by atoms with Crippen LogP contribution >= 0.6 is 15.9 Å². The van der Waals surface area contributed by atoms with Gasteiger partial charge >= 0.3 is 0 Å². The van der Waals surface area contributed by atoms with Crippen LogP contribution in [0.15, 0.2) is 51.8 Å². The van der Waals surface area contributed by atoms with Crippen molar-refractivity contribution in [3.63, 3.8) is 0 Å². The van der Waals surface area contributed by atoms with Crippen LogP contribution in [0.4, 0.5) is 5.69 Å². The molecule has 0 heterocycles. The van der Waals surface area contributed by atoms with E-state index in [-0.39, 0.29) is 16.1 Å². The van der Waals surface area contributed by atoms with Crippen LogP contribution in [-0.4, -0.2) is 14.4 Å². The highest BCUT2D eigenvalue weighted by Crippen LogP contribution is 2.22. The second-order valence-electron chi connectivity index (χ2n) is 4.38. The van der Waals surface area contributed by atoms with E-state index in [1.165, 1.54) is 30.3 Å². The molecule has 0 aliphatic rings. The number of rotatable bonds is 4. The van der Waals surface area contributed by atoms with Crippen molar-refractivity contribution in [2.75, 3.05) is 4.72 Å². The molecule has 7 heteroatoms. The van der Waals surface area contributed by atoms with Crippen LogP contribution in [0.3, 0.4) is 0 Å². The minimum atomic E-state index is -3.79. The topological polar surface area (TPSA) is 86.3 Å². The van der Waals surface area contributed by atoms with Gasteiger partial charge in [0.15, 0.2) is 0 Å². The second kappa shape index (κ2) is 5.87. The largest absolute Gasteiger partial charge is 0.545 e. The third-order valence-corrected chi connectivity index (χ3v) is 4.68. The van der Waals surface area contributed by atoms with Crippen molar-refractivity contribution in [2.45, 2.75) is 11.8 Å². The summed E-state index contributed by atoms with van der Waals surface area (Å²) in [6.45, 7) is 1.68. The average Bonchev–Trinajstić information content (AvgIpc) is 2.41. The van der Waals surface area contributed by atoms with Gasteiger partial charge < -0.3 is 9.90 Å². The summed E-state index contributed by atoms with van der Waals surface area (Å²) in [6, 6.07) is 10.3. The van der Waals surface area contributed by atoms with E-state index in [0.29, 0.717) is 10.0 Å². The Balaban J connectivity index is 2.41. The van der Waals surface area contributed by atoms with E-state index >= 15 is 0 Å². The first-order chi connectivity index (χ1) is 9.79. The molecule has 0 unspecified atom stereocenters. The third-order valence-electron chi connectivity index (χ3n) is 2.82. The van der Waals surface area contributed by atoms with Crippen molar-refractivity contribution in [1.82, 2.24) is 0 Å². The number of carboxylic acids is 1. The van der Waals surface area contributed by atoms with Crippen LogP contribution in [0.2, 0.25) is 0 Å². The van der Waals surface area contributed by atoms with E-state index < -0.39 is 16.0 Å². The summed E-state index contributed by atoms with van der Waals surface area (Å²) in [6.07, 6.45) is 0. The number of hydrogen-bond acceptors (Lipinski definition) is 4. The predicted octanol–water partition coefficient (Wildman–Crippen LogP) is 1.92. The molecular formula is C14H11BrNO4S-. The highest BCUT2D eigenvalue weighted by molar-refractivity contribution is 9.10. The number of hydrogen-bond donors (Lipinski definition) is 1. The summed E-state index contributed by atoms with van der Waals surface area (Å²) < 4.78 is 27.6. The van der Waals surface area contributed by atoms with E-state index in [0.717, 1.165) is 0 Å². The second-order valence-corrected chi connectivity index (χ2v) is 6.98. The summed E-state index contributed by atoms with van der Waals surface area (Å²) >= 11 is 3.21. The van der Waals surface area contributed by atoms with Gasteiger partial charge in [-0.15, -0.1) is 0 Å². The van der Waals surface area contributed by atoms with Gasteiger partial charge in [-0.25, -0.2) is 8.42 Å². The van der Waals surface area contributed by atoms with Crippen LogP contribution in [0, 0.1) is 6.92 Å². The number of carboxylic acid groups (broad SMARTS) is 1. The molecule has 2 aromatic rings. The number of carbonyl (C=O) groups excluding carboxylic acids is 1.